The lowest BCUT2D eigenvalue weighted by molar-refractivity contribution is 0.204. The molecule has 0 saturated heterocycles. The summed E-state index contributed by atoms with van der Waals surface area (Å²) in [5, 5.41) is 0. The largest absolute Gasteiger partial charge is 0.383 e. The molecule has 0 aromatic carbocycles. The molecule has 0 atom stereocenters. The van der Waals surface area contributed by atoms with E-state index in [4.69, 9.17) is 4.74 Å². The van der Waals surface area contributed by atoms with Crippen LogP contribution in [0.1, 0.15) is 0 Å². The van der Waals surface area contributed by atoms with Crippen molar-refractivity contribution in [3.05, 3.63) is 54.5 Å². The number of methoxy groups -OCH3 is 1. The van der Waals surface area contributed by atoms with Gasteiger partial charge in [0.15, 0.2) is 0 Å². The molecule has 17 heavy (non-hydrogen) atoms. The van der Waals surface area contributed by atoms with Gasteiger partial charge in [0.25, 0.3) is 0 Å². The van der Waals surface area contributed by atoms with Gasteiger partial charge in [-0.1, -0.05) is 37.4 Å². The average Bonchev–Trinajstić information content (AvgIpc) is 2.73. The third kappa shape index (κ3) is 2.90. The van der Waals surface area contributed by atoms with Crippen LogP contribution in [-0.4, -0.2) is 28.5 Å². The fraction of sp³-hybridized carbons (Fsp3) is 0.357. The fourth-order valence-electron chi connectivity index (χ4n) is 2.26. The number of ether oxygens (including phenoxy) is 1. The third-order valence-corrected chi connectivity index (χ3v) is 6.14. The molecule has 0 unspecified atom stereocenters. The summed E-state index contributed by atoms with van der Waals surface area (Å²) >= 11 is 0. The van der Waals surface area contributed by atoms with Gasteiger partial charge in [0, 0.05) is 25.5 Å². The molecule has 2 aliphatic rings. The molecule has 0 heterocycles. The minimum atomic E-state index is -1.56. The summed E-state index contributed by atoms with van der Waals surface area (Å²) in [6, 6.07) is 0. The van der Waals surface area contributed by atoms with E-state index in [1.54, 1.807) is 7.11 Å². The van der Waals surface area contributed by atoms with E-state index in [-0.39, 0.29) is 0 Å². The molecule has 0 aromatic heterocycles. The Morgan fingerprint density at radius 3 is 2.71 bits per heavy atom. The second kappa shape index (κ2) is 5.51. The summed E-state index contributed by atoms with van der Waals surface area (Å²) < 4.78 is 5.10. The van der Waals surface area contributed by atoms with E-state index in [1.165, 1.54) is 17.4 Å². The molecule has 5 radical (unpaired) electrons. The highest BCUT2D eigenvalue weighted by molar-refractivity contribution is 6.81. The van der Waals surface area contributed by atoms with Crippen molar-refractivity contribution in [2.75, 3.05) is 20.3 Å². The van der Waals surface area contributed by atoms with Crippen LogP contribution in [0, 0.1) is 30.2 Å². The normalized spacial score (nSPS) is 22.3. The first-order valence-corrected chi connectivity index (χ1v) is 9.04. The van der Waals surface area contributed by atoms with E-state index in [9.17, 15) is 0 Å². The molecule has 1 N–H and O–H groups in total. The highest BCUT2D eigenvalue weighted by Gasteiger charge is 2.45. The van der Waals surface area contributed by atoms with Crippen molar-refractivity contribution in [1.82, 2.24) is 4.98 Å². The van der Waals surface area contributed by atoms with E-state index < -0.39 is 8.24 Å². The van der Waals surface area contributed by atoms with E-state index in [0.717, 1.165) is 13.2 Å². The Kier molecular flexibility index (Phi) is 4.23. The number of hydrogen-bond donors (Lipinski definition) is 1. The lowest BCUT2D eigenvalue weighted by Gasteiger charge is -2.34. The van der Waals surface area contributed by atoms with Crippen molar-refractivity contribution >= 4 is 8.24 Å². The number of hydrogen-bond acceptors (Lipinski definition) is 2. The van der Waals surface area contributed by atoms with Crippen molar-refractivity contribution < 1.29 is 4.74 Å². The van der Waals surface area contributed by atoms with Crippen LogP contribution in [0.5, 0.6) is 0 Å². The van der Waals surface area contributed by atoms with Crippen LogP contribution in [0.15, 0.2) is 24.3 Å². The van der Waals surface area contributed by atoms with Gasteiger partial charge in [-0.25, -0.2) is 0 Å². The Morgan fingerprint density at radius 2 is 1.94 bits per heavy atom. The summed E-state index contributed by atoms with van der Waals surface area (Å²) in [6.07, 6.45) is 13.1. The zero-order valence-corrected chi connectivity index (χ0v) is 11.8. The van der Waals surface area contributed by atoms with Gasteiger partial charge in [0.1, 0.15) is 8.24 Å². The monoisotopic (exact) mass is 246 g/mol. The number of nitrogens with one attached hydrogen (secondary N) is 1. The zero-order valence-electron chi connectivity index (χ0n) is 10.8. The van der Waals surface area contributed by atoms with Crippen molar-refractivity contribution in [2.24, 2.45) is 0 Å². The zero-order chi connectivity index (χ0) is 12.3. The molecule has 2 rings (SSSR count). The average molecular weight is 246 g/mol. The Labute approximate surface area is 106 Å². The van der Waals surface area contributed by atoms with Crippen molar-refractivity contribution in [3.63, 3.8) is 0 Å². The maximum Gasteiger partial charge on any atom is 0.127 e. The van der Waals surface area contributed by atoms with Crippen LogP contribution in [0.4, 0.5) is 0 Å². The Bertz CT molecular complexity index is 311. The highest BCUT2D eigenvalue weighted by atomic mass is 28.3. The van der Waals surface area contributed by atoms with Crippen LogP contribution in [0.3, 0.4) is 0 Å². The molecule has 3 heteroatoms. The Balaban J connectivity index is 1.97. The van der Waals surface area contributed by atoms with Crippen molar-refractivity contribution in [1.29, 1.82) is 0 Å². The number of rotatable bonds is 5. The van der Waals surface area contributed by atoms with Gasteiger partial charge in [-0.05, 0) is 18.4 Å². The van der Waals surface area contributed by atoms with Gasteiger partial charge in [-0.2, -0.15) is 0 Å². The van der Waals surface area contributed by atoms with E-state index >= 15 is 0 Å². The molecular formula is C14H20NOSi. The van der Waals surface area contributed by atoms with Crippen molar-refractivity contribution in [2.45, 2.75) is 13.1 Å². The molecule has 0 spiro atoms. The number of fused-ring (bicyclic) bond motifs is 1. The van der Waals surface area contributed by atoms with Gasteiger partial charge in [0.05, 0.1) is 6.61 Å². The summed E-state index contributed by atoms with van der Waals surface area (Å²) in [5.41, 5.74) is 1.49. The van der Waals surface area contributed by atoms with Gasteiger partial charge >= 0.3 is 0 Å². The fourth-order valence-corrected chi connectivity index (χ4v) is 4.57. The molecule has 0 bridgehead atoms. The highest BCUT2D eigenvalue weighted by Crippen LogP contribution is 2.47. The maximum absolute atomic E-state index is 5.10. The first-order chi connectivity index (χ1) is 8.15. The summed E-state index contributed by atoms with van der Waals surface area (Å²) in [5.74, 6) is 2.74. The van der Waals surface area contributed by atoms with Crippen LogP contribution >= 0.6 is 0 Å². The molecule has 0 amide bonds. The van der Waals surface area contributed by atoms with Crippen LogP contribution in [0.2, 0.25) is 13.1 Å². The molecule has 2 aliphatic carbocycles. The maximum atomic E-state index is 5.10. The molecule has 1 fully saturated rings. The van der Waals surface area contributed by atoms with Crippen LogP contribution < -0.4 is 4.98 Å². The lowest BCUT2D eigenvalue weighted by Crippen LogP contribution is -2.52. The summed E-state index contributed by atoms with van der Waals surface area (Å²) in [4.78, 5) is 3.67. The van der Waals surface area contributed by atoms with Crippen LogP contribution in [0.25, 0.3) is 0 Å². The first-order valence-electron chi connectivity index (χ1n) is 6.04. The van der Waals surface area contributed by atoms with Gasteiger partial charge in [-0.3, -0.25) is 0 Å². The Hall–Kier alpha value is -0.383. The SMILES string of the molecule is COCCN[Si](C)(C)[C]1[CH][CH][C]2C=CC=C[C]21. The smallest absolute Gasteiger partial charge is 0.127 e. The third-order valence-electron chi connectivity index (χ3n) is 3.23. The second-order valence-corrected chi connectivity index (χ2v) is 9.02. The minimum absolute atomic E-state index is 0.773. The quantitative estimate of drug-likeness (QED) is 0.593. The predicted octanol–water partition coefficient (Wildman–Crippen LogP) is 2.24. The van der Waals surface area contributed by atoms with E-state index in [2.05, 4.69) is 55.2 Å². The molecule has 0 aliphatic heterocycles. The summed E-state index contributed by atoms with van der Waals surface area (Å²) in [7, 11) is 0.185. The van der Waals surface area contributed by atoms with Gasteiger partial charge in [-0.15, -0.1) is 0 Å². The molecule has 1 saturated carbocycles. The minimum Gasteiger partial charge on any atom is -0.383 e. The molecule has 2 nitrogen and oxygen atoms in total. The Morgan fingerprint density at radius 1 is 1.18 bits per heavy atom. The van der Waals surface area contributed by atoms with E-state index in [1.807, 2.05) is 0 Å². The van der Waals surface area contributed by atoms with Crippen molar-refractivity contribution in [3.8, 4) is 0 Å². The standard InChI is InChI=1S/C14H20NOSi/c1-16-11-10-15-17(2,3)14-9-8-12-6-4-5-7-13(12)14/h4-9,15H,10-11H2,1-3H3. The summed E-state index contributed by atoms with van der Waals surface area (Å²) in [6.45, 7) is 6.40. The first kappa shape index (κ1) is 13.1. The number of allylic oxidation sites excluding steroid dienone is 4. The molecular weight excluding hydrogens is 226 g/mol. The predicted molar refractivity (Wildman–Crippen MR) is 74.0 cm³/mol. The molecule has 0 aromatic rings. The lowest BCUT2D eigenvalue weighted by atomic mass is 9.92. The molecule has 91 valence electrons. The van der Waals surface area contributed by atoms with Gasteiger partial charge in [0.2, 0.25) is 0 Å². The van der Waals surface area contributed by atoms with Crippen LogP contribution in [-0.2, 0) is 4.74 Å². The topological polar surface area (TPSA) is 21.3 Å². The second-order valence-electron chi connectivity index (χ2n) is 4.88. The van der Waals surface area contributed by atoms with E-state index in [0.29, 0.717) is 0 Å². The van der Waals surface area contributed by atoms with Gasteiger partial charge < -0.3 is 9.72 Å².